The van der Waals surface area contributed by atoms with Gasteiger partial charge in [-0.25, -0.2) is 13.4 Å². The molecule has 0 unspecified atom stereocenters. The van der Waals surface area contributed by atoms with Crippen LogP contribution in [0.1, 0.15) is 19.8 Å². The second-order valence-electron chi connectivity index (χ2n) is 7.54. The van der Waals surface area contributed by atoms with E-state index in [1.54, 1.807) is 37.6 Å². The average Bonchev–Trinajstić information content (AvgIpc) is 2.73. The summed E-state index contributed by atoms with van der Waals surface area (Å²) in [4.78, 5) is 5.85. The van der Waals surface area contributed by atoms with Gasteiger partial charge in [0.05, 0.1) is 23.1 Å². The van der Waals surface area contributed by atoms with Crippen LogP contribution in [0.25, 0.3) is 10.9 Å². The highest BCUT2D eigenvalue weighted by Gasteiger charge is 2.31. The molecule has 1 N–H and O–H groups in total. The lowest BCUT2D eigenvalue weighted by Crippen LogP contribution is -2.34. The molecule has 5 nitrogen and oxygen atoms in total. The van der Waals surface area contributed by atoms with Crippen molar-refractivity contribution in [2.75, 3.05) is 25.1 Å². The maximum atomic E-state index is 13.6. The molecule has 2 aromatic carbocycles. The summed E-state index contributed by atoms with van der Waals surface area (Å²) in [6.45, 7) is 3.88. The zero-order chi connectivity index (χ0) is 20.6. The summed E-state index contributed by atoms with van der Waals surface area (Å²) in [5.41, 5.74) is 1.61. The normalized spacial score (nSPS) is 15.6. The molecule has 29 heavy (non-hydrogen) atoms. The van der Waals surface area contributed by atoms with Gasteiger partial charge in [-0.1, -0.05) is 18.5 Å². The summed E-state index contributed by atoms with van der Waals surface area (Å²) in [7, 11) is -2.12. The molecule has 1 aliphatic heterocycles. The van der Waals surface area contributed by atoms with Gasteiger partial charge in [-0.2, -0.15) is 0 Å². The molecule has 3 aromatic rings. The van der Waals surface area contributed by atoms with Gasteiger partial charge in [-0.05, 0) is 55.2 Å². The first-order chi connectivity index (χ1) is 13.9. The minimum atomic E-state index is -3.73. The van der Waals surface area contributed by atoms with Crippen LogP contribution in [0.4, 0.5) is 5.69 Å². The topological polar surface area (TPSA) is 60.8 Å². The fourth-order valence-corrected chi connectivity index (χ4v) is 5.40. The summed E-state index contributed by atoms with van der Waals surface area (Å²) in [5.74, 6) is 1.33. The van der Waals surface area contributed by atoms with E-state index < -0.39 is 9.84 Å². The monoisotopic (exact) mass is 431 g/mol. The van der Waals surface area contributed by atoms with Crippen LogP contribution in [0.15, 0.2) is 58.5 Å². The third-order valence-corrected chi connectivity index (χ3v) is 7.62. The summed E-state index contributed by atoms with van der Waals surface area (Å²) in [6, 6.07) is 12.0. The van der Waals surface area contributed by atoms with Gasteiger partial charge in [-0.15, -0.1) is 0 Å². The number of hydrogen-bond acceptors (Lipinski definition) is 4. The molecule has 1 fully saturated rings. The van der Waals surface area contributed by atoms with Crippen molar-refractivity contribution in [1.29, 1.82) is 0 Å². The van der Waals surface area contributed by atoms with Gasteiger partial charge >= 0.3 is 0 Å². The molecule has 1 aliphatic rings. The van der Waals surface area contributed by atoms with E-state index in [9.17, 15) is 8.42 Å². The van der Waals surface area contributed by atoms with E-state index in [0.717, 1.165) is 42.5 Å². The molecule has 0 atom stereocenters. The lowest BCUT2D eigenvalue weighted by atomic mass is 9.98. The molecule has 4 rings (SSSR count). The zero-order valence-electron chi connectivity index (χ0n) is 16.5. The van der Waals surface area contributed by atoms with Gasteiger partial charge in [0, 0.05) is 24.2 Å². The third-order valence-electron chi connectivity index (χ3n) is 5.59. The Kier molecular flexibility index (Phi) is 5.40. The van der Waals surface area contributed by atoms with Gasteiger partial charge in [0.25, 0.3) is 0 Å². The number of nitrogens with zero attached hydrogens (tertiary/aromatic N) is 1. The quantitative estimate of drug-likeness (QED) is 0.614. The number of H-pyrrole nitrogens is 1. The molecule has 1 saturated heterocycles. The standard InChI is InChI=1S/C22H23ClN2O3S/c1-15-9-11-25(12-10-15)22-19-13-17(28-2)5-8-20(19)24-14-21(22)29(26,27)18-6-3-16(23)4-7-18/h3-8,13-15H,9-12H2,1-2H3/p+1. The number of anilines is 1. The fourth-order valence-electron chi connectivity index (χ4n) is 3.82. The smallest absolute Gasteiger partial charge is 0.214 e. The minimum absolute atomic E-state index is 0.226. The van der Waals surface area contributed by atoms with Crippen molar-refractivity contribution in [3.63, 3.8) is 0 Å². The van der Waals surface area contributed by atoms with Gasteiger partial charge < -0.3 is 9.64 Å². The molecule has 0 amide bonds. The van der Waals surface area contributed by atoms with Crippen LogP contribution in [-0.4, -0.2) is 28.6 Å². The van der Waals surface area contributed by atoms with Crippen molar-refractivity contribution in [3.8, 4) is 5.75 Å². The summed E-state index contributed by atoms with van der Waals surface area (Å²) >= 11 is 5.96. The van der Waals surface area contributed by atoms with Crippen molar-refractivity contribution in [2.45, 2.75) is 29.6 Å². The molecule has 152 valence electrons. The number of ether oxygens (including phenoxy) is 1. The fraction of sp³-hybridized carbons (Fsp3) is 0.318. The number of hydrogen-bond donors (Lipinski definition) is 0. The largest absolute Gasteiger partial charge is 0.497 e. The highest BCUT2D eigenvalue weighted by molar-refractivity contribution is 7.91. The molecular weight excluding hydrogens is 408 g/mol. The Bertz CT molecular complexity index is 1140. The van der Waals surface area contributed by atoms with E-state index in [4.69, 9.17) is 16.3 Å². The van der Waals surface area contributed by atoms with Crippen molar-refractivity contribution >= 4 is 38.0 Å². The Hall–Kier alpha value is -2.31. The number of nitrogens with one attached hydrogen (secondary N) is 1. The zero-order valence-corrected chi connectivity index (χ0v) is 18.1. The summed E-state index contributed by atoms with van der Waals surface area (Å²) in [5, 5.41) is 1.35. The number of fused-ring (bicyclic) bond motifs is 1. The molecule has 0 spiro atoms. The predicted octanol–water partition coefficient (Wildman–Crippen LogP) is 4.39. The van der Waals surface area contributed by atoms with E-state index in [1.165, 1.54) is 0 Å². The minimum Gasteiger partial charge on any atom is -0.497 e. The molecular formula is C22H24ClN2O3S+. The number of rotatable bonds is 4. The van der Waals surface area contributed by atoms with Crippen molar-refractivity contribution < 1.29 is 18.1 Å². The van der Waals surface area contributed by atoms with E-state index in [2.05, 4.69) is 16.8 Å². The number of piperidine rings is 1. The number of halogens is 1. The molecule has 0 radical (unpaired) electrons. The number of aromatic nitrogens is 1. The van der Waals surface area contributed by atoms with Crippen LogP contribution in [-0.2, 0) is 9.84 Å². The van der Waals surface area contributed by atoms with Crippen LogP contribution >= 0.6 is 11.6 Å². The van der Waals surface area contributed by atoms with Crippen LogP contribution in [0, 0.1) is 5.92 Å². The maximum absolute atomic E-state index is 13.6. The number of sulfone groups is 1. The molecule has 0 aliphatic carbocycles. The number of aromatic amines is 1. The number of methoxy groups -OCH3 is 1. The van der Waals surface area contributed by atoms with E-state index in [0.29, 0.717) is 16.7 Å². The number of benzene rings is 2. The van der Waals surface area contributed by atoms with Crippen LogP contribution in [0.5, 0.6) is 5.75 Å². The van der Waals surface area contributed by atoms with Crippen LogP contribution in [0.2, 0.25) is 5.02 Å². The van der Waals surface area contributed by atoms with E-state index in [1.807, 2.05) is 18.2 Å². The number of pyridine rings is 1. The molecule has 7 heteroatoms. The van der Waals surface area contributed by atoms with E-state index in [-0.39, 0.29) is 9.79 Å². The van der Waals surface area contributed by atoms with Gasteiger partial charge in [-0.3, -0.25) is 0 Å². The van der Waals surface area contributed by atoms with Crippen LogP contribution in [0.3, 0.4) is 0 Å². The Morgan fingerprint density at radius 2 is 1.79 bits per heavy atom. The van der Waals surface area contributed by atoms with Gasteiger partial charge in [0.1, 0.15) is 5.75 Å². The first kappa shape index (κ1) is 20.0. The Morgan fingerprint density at radius 3 is 2.45 bits per heavy atom. The van der Waals surface area contributed by atoms with Crippen molar-refractivity contribution in [2.24, 2.45) is 5.92 Å². The second-order valence-corrected chi connectivity index (χ2v) is 9.89. The second kappa shape index (κ2) is 7.84. The van der Waals surface area contributed by atoms with Crippen LogP contribution < -0.4 is 14.6 Å². The van der Waals surface area contributed by atoms with Crippen molar-refractivity contribution in [1.82, 2.24) is 0 Å². The molecule has 0 saturated carbocycles. The lowest BCUT2D eigenvalue weighted by Gasteiger charge is -2.33. The Labute approximate surface area is 176 Å². The van der Waals surface area contributed by atoms with E-state index >= 15 is 0 Å². The Morgan fingerprint density at radius 1 is 1.10 bits per heavy atom. The van der Waals surface area contributed by atoms with Gasteiger partial charge in [0.2, 0.25) is 15.4 Å². The first-order valence-corrected chi connectivity index (χ1v) is 11.5. The summed E-state index contributed by atoms with van der Waals surface area (Å²) < 4.78 is 32.5. The first-order valence-electron chi connectivity index (χ1n) is 9.68. The third kappa shape index (κ3) is 3.79. The highest BCUT2D eigenvalue weighted by Crippen LogP contribution is 2.38. The summed E-state index contributed by atoms with van der Waals surface area (Å²) in [6.07, 6.45) is 3.67. The predicted molar refractivity (Wildman–Crippen MR) is 115 cm³/mol. The molecule has 1 aromatic heterocycles. The average molecular weight is 432 g/mol. The SMILES string of the molecule is COc1ccc2[nH+]cc(S(=O)(=O)c3ccc(Cl)cc3)c(N3CCC(C)CC3)c2c1. The maximum Gasteiger partial charge on any atom is 0.214 e. The molecule has 0 bridgehead atoms. The molecule has 2 heterocycles. The van der Waals surface area contributed by atoms with Crippen molar-refractivity contribution in [3.05, 3.63) is 53.7 Å². The Balaban J connectivity index is 1.95. The van der Waals surface area contributed by atoms with Gasteiger partial charge in [0.15, 0.2) is 11.1 Å². The lowest BCUT2D eigenvalue weighted by molar-refractivity contribution is -0.347. The highest BCUT2D eigenvalue weighted by atomic mass is 35.5.